The second-order valence-electron chi connectivity index (χ2n) is 5.30. The van der Waals surface area contributed by atoms with Crippen molar-refractivity contribution >= 4 is 5.78 Å². The Kier molecular flexibility index (Phi) is 4.83. The molecule has 2 fully saturated rings. The fourth-order valence-corrected chi connectivity index (χ4v) is 2.89. The van der Waals surface area contributed by atoms with Crippen LogP contribution in [0.4, 0.5) is 0 Å². The second kappa shape index (κ2) is 6.39. The molecule has 2 nitrogen and oxygen atoms in total. The van der Waals surface area contributed by atoms with Crippen molar-refractivity contribution in [3.63, 3.8) is 0 Å². The molecule has 2 heteroatoms. The van der Waals surface area contributed by atoms with E-state index in [-0.39, 0.29) is 6.10 Å². The van der Waals surface area contributed by atoms with Gasteiger partial charge in [0.05, 0.1) is 6.10 Å². The first-order valence-electron chi connectivity index (χ1n) is 7.04. The number of ether oxygens (including phenoxy) is 1. The van der Waals surface area contributed by atoms with Gasteiger partial charge in [-0.25, -0.2) is 0 Å². The summed E-state index contributed by atoms with van der Waals surface area (Å²) in [6.45, 7) is 0. The molecule has 0 aromatic carbocycles. The van der Waals surface area contributed by atoms with Crippen LogP contribution in [0.15, 0.2) is 0 Å². The summed E-state index contributed by atoms with van der Waals surface area (Å²) in [7, 11) is 0. The molecule has 0 radical (unpaired) electrons. The van der Waals surface area contributed by atoms with Gasteiger partial charge in [-0.15, -0.1) is 0 Å². The van der Waals surface area contributed by atoms with Gasteiger partial charge >= 0.3 is 0 Å². The predicted octanol–water partition coefficient (Wildman–Crippen LogP) is 3.63. The van der Waals surface area contributed by atoms with Gasteiger partial charge in [0.1, 0.15) is 6.10 Å². The molecular weight excluding hydrogens is 200 g/mol. The van der Waals surface area contributed by atoms with Crippen LogP contribution in [0.5, 0.6) is 0 Å². The Morgan fingerprint density at radius 1 is 0.812 bits per heavy atom. The van der Waals surface area contributed by atoms with Crippen LogP contribution >= 0.6 is 0 Å². The summed E-state index contributed by atoms with van der Waals surface area (Å²) in [5.74, 6) is 0.366. The lowest BCUT2D eigenvalue weighted by atomic mass is 9.94. The fourth-order valence-electron chi connectivity index (χ4n) is 2.89. The number of fused-ring (bicyclic) bond motifs is 2. The molecule has 92 valence electrons. The van der Waals surface area contributed by atoms with E-state index in [9.17, 15) is 4.79 Å². The average molecular weight is 224 g/mol. The lowest BCUT2D eigenvalue weighted by molar-refractivity contribution is -0.140. The smallest absolute Gasteiger partial charge is 0.161 e. The highest BCUT2D eigenvalue weighted by Crippen LogP contribution is 2.25. The van der Waals surface area contributed by atoms with Crippen LogP contribution in [0.3, 0.4) is 0 Å². The summed E-state index contributed by atoms with van der Waals surface area (Å²) in [6, 6.07) is 0. The molecule has 2 atom stereocenters. The molecule has 0 amide bonds. The van der Waals surface area contributed by atoms with Crippen LogP contribution in [-0.4, -0.2) is 18.0 Å². The molecule has 2 heterocycles. The van der Waals surface area contributed by atoms with E-state index in [2.05, 4.69) is 0 Å². The van der Waals surface area contributed by atoms with Gasteiger partial charge in [-0.1, -0.05) is 32.1 Å². The van der Waals surface area contributed by atoms with Crippen molar-refractivity contribution in [1.82, 2.24) is 0 Å². The van der Waals surface area contributed by atoms with Gasteiger partial charge in [0.25, 0.3) is 0 Å². The lowest BCUT2D eigenvalue weighted by Gasteiger charge is -2.29. The fraction of sp³-hybridized carbons (Fsp3) is 0.929. The number of Topliss-reactive ketones (excluding diaryl/α,β-unsaturated/α-hetero) is 1. The van der Waals surface area contributed by atoms with Gasteiger partial charge in [-0.2, -0.15) is 0 Å². The molecule has 16 heavy (non-hydrogen) atoms. The monoisotopic (exact) mass is 224 g/mol. The Morgan fingerprint density at radius 3 is 2.38 bits per heavy atom. The van der Waals surface area contributed by atoms with E-state index in [1.165, 1.54) is 51.4 Å². The van der Waals surface area contributed by atoms with Crippen molar-refractivity contribution < 1.29 is 9.53 Å². The Labute approximate surface area is 98.7 Å². The van der Waals surface area contributed by atoms with Crippen molar-refractivity contribution in [3.8, 4) is 0 Å². The average Bonchev–Trinajstić information content (AvgIpc) is 2.31. The number of rotatable bonds is 0. The minimum Gasteiger partial charge on any atom is -0.367 e. The maximum Gasteiger partial charge on any atom is 0.161 e. The van der Waals surface area contributed by atoms with Gasteiger partial charge < -0.3 is 4.74 Å². The molecule has 2 rings (SSSR count). The zero-order valence-electron chi connectivity index (χ0n) is 10.2. The van der Waals surface area contributed by atoms with E-state index in [4.69, 9.17) is 4.74 Å². The number of ketones is 1. The molecular formula is C14H24O2. The molecule has 2 saturated heterocycles. The first kappa shape index (κ1) is 12.1. The molecule has 0 aromatic rings. The molecule has 2 unspecified atom stereocenters. The summed E-state index contributed by atoms with van der Waals surface area (Å²) in [6.07, 6.45) is 13.1. The first-order valence-corrected chi connectivity index (χ1v) is 7.04. The number of hydrogen-bond donors (Lipinski definition) is 0. The van der Waals surface area contributed by atoms with Crippen LogP contribution in [0.2, 0.25) is 0 Å². The number of carbonyl (C=O) groups is 1. The normalized spacial score (nSPS) is 33.9. The van der Waals surface area contributed by atoms with Crippen LogP contribution in [0.1, 0.15) is 70.6 Å². The first-order chi connectivity index (χ1) is 7.86. The number of hydrogen-bond acceptors (Lipinski definition) is 2. The summed E-state index contributed by atoms with van der Waals surface area (Å²) >= 11 is 0. The van der Waals surface area contributed by atoms with Crippen LogP contribution < -0.4 is 0 Å². The Hall–Kier alpha value is -0.370. The van der Waals surface area contributed by atoms with Gasteiger partial charge in [0, 0.05) is 6.42 Å². The van der Waals surface area contributed by atoms with Crippen molar-refractivity contribution in [1.29, 1.82) is 0 Å². The molecule has 0 spiro atoms. The minimum atomic E-state index is -0.0572. The van der Waals surface area contributed by atoms with Crippen LogP contribution in [-0.2, 0) is 9.53 Å². The van der Waals surface area contributed by atoms with Crippen LogP contribution in [0.25, 0.3) is 0 Å². The summed E-state index contributed by atoms with van der Waals surface area (Å²) in [5.41, 5.74) is 0. The Balaban J connectivity index is 1.88. The van der Waals surface area contributed by atoms with E-state index in [0.717, 1.165) is 19.3 Å². The summed E-state index contributed by atoms with van der Waals surface area (Å²) in [5, 5.41) is 0. The highest BCUT2D eigenvalue weighted by atomic mass is 16.5. The molecule has 2 aliphatic heterocycles. The summed E-state index contributed by atoms with van der Waals surface area (Å²) in [4.78, 5) is 11.9. The van der Waals surface area contributed by atoms with Crippen molar-refractivity contribution in [2.75, 3.05) is 0 Å². The zero-order valence-corrected chi connectivity index (χ0v) is 10.2. The maximum atomic E-state index is 11.9. The van der Waals surface area contributed by atoms with Gasteiger partial charge in [-0.3, -0.25) is 4.79 Å². The van der Waals surface area contributed by atoms with E-state index in [1.807, 2.05) is 0 Å². The number of carbonyl (C=O) groups excluding carboxylic acids is 1. The summed E-state index contributed by atoms with van der Waals surface area (Å²) < 4.78 is 5.92. The third-order valence-electron chi connectivity index (χ3n) is 3.91. The Morgan fingerprint density at radius 2 is 1.50 bits per heavy atom. The van der Waals surface area contributed by atoms with E-state index < -0.39 is 0 Å². The van der Waals surface area contributed by atoms with Gasteiger partial charge in [0.2, 0.25) is 0 Å². The highest BCUT2D eigenvalue weighted by molar-refractivity contribution is 5.83. The van der Waals surface area contributed by atoms with Gasteiger partial charge in [0.15, 0.2) is 5.78 Å². The molecule has 0 N–H and O–H groups in total. The quantitative estimate of drug-likeness (QED) is 0.628. The lowest BCUT2D eigenvalue weighted by Crippen LogP contribution is -2.33. The molecule has 0 aliphatic carbocycles. The van der Waals surface area contributed by atoms with E-state index >= 15 is 0 Å². The van der Waals surface area contributed by atoms with E-state index in [1.54, 1.807) is 0 Å². The molecule has 0 aromatic heterocycles. The molecule has 2 aliphatic rings. The van der Waals surface area contributed by atoms with Crippen molar-refractivity contribution in [3.05, 3.63) is 0 Å². The van der Waals surface area contributed by atoms with Crippen LogP contribution in [0, 0.1) is 0 Å². The third kappa shape index (κ3) is 3.58. The minimum absolute atomic E-state index is 0.0572. The van der Waals surface area contributed by atoms with Crippen molar-refractivity contribution in [2.45, 2.75) is 82.8 Å². The highest BCUT2D eigenvalue weighted by Gasteiger charge is 2.27. The maximum absolute atomic E-state index is 11.9. The predicted molar refractivity (Wildman–Crippen MR) is 64.5 cm³/mol. The largest absolute Gasteiger partial charge is 0.367 e. The van der Waals surface area contributed by atoms with Crippen molar-refractivity contribution in [2.24, 2.45) is 0 Å². The molecule has 0 saturated carbocycles. The third-order valence-corrected chi connectivity index (χ3v) is 3.91. The SMILES string of the molecule is O=C1CCCCCCCCC2CCCC1O2. The zero-order chi connectivity index (χ0) is 11.2. The Bertz CT molecular complexity index is 225. The second-order valence-corrected chi connectivity index (χ2v) is 5.30. The standard InChI is InChI=1S/C14H24O2/c15-13-10-6-4-2-1-3-5-8-12-9-7-11-14(13)16-12/h12,14H,1-11H2. The van der Waals surface area contributed by atoms with E-state index in [0.29, 0.717) is 11.9 Å². The molecule has 2 bridgehead atoms. The van der Waals surface area contributed by atoms with Gasteiger partial charge in [-0.05, 0) is 32.1 Å². The topological polar surface area (TPSA) is 26.3 Å².